The van der Waals surface area contributed by atoms with Gasteiger partial charge in [0.1, 0.15) is 11.5 Å². The number of aromatic hydroxyl groups is 2. The van der Waals surface area contributed by atoms with E-state index in [4.69, 9.17) is 0 Å². The van der Waals surface area contributed by atoms with Gasteiger partial charge in [-0.2, -0.15) is 0 Å². The molecule has 0 saturated heterocycles. The monoisotopic (exact) mass is 322 g/mol. The molecule has 2 N–H and O–H groups in total. The molecule has 3 aromatic rings. The Balaban J connectivity index is 2.10. The molecule has 0 aliphatic carbocycles. The van der Waals surface area contributed by atoms with E-state index in [0.29, 0.717) is 22.3 Å². The molecule has 0 bridgehead atoms. The highest BCUT2D eigenvalue weighted by molar-refractivity contribution is 7.85. The highest BCUT2D eigenvalue weighted by Crippen LogP contribution is 2.48. The minimum Gasteiger partial charge on any atom is -0.508 e. The van der Waals surface area contributed by atoms with E-state index in [0.717, 1.165) is 11.1 Å². The summed E-state index contributed by atoms with van der Waals surface area (Å²) < 4.78 is 14.2. The van der Waals surface area contributed by atoms with Crippen molar-refractivity contribution in [1.82, 2.24) is 0 Å². The summed E-state index contributed by atoms with van der Waals surface area (Å²) in [5.41, 5.74) is 1.90. The van der Waals surface area contributed by atoms with Gasteiger partial charge in [-0.05, 0) is 41.8 Å². The predicted molar refractivity (Wildman–Crippen MR) is 92.0 cm³/mol. The van der Waals surface area contributed by atoms with Gasteiger partial charge in [0, 0.05) is 15.9 Å². The molecule has 3 nitrogen and oxygen atoms in total. The highest BCUT2D eigenvalue weighted by atomic mass is 31.2. The molecule has 0 aromatic heterocycles. The smallest absolute Gasteiger partial charge is 0.171 e. The van der Waals surface area contributed by atoms with Crippen molar-refractivity contribution in [2.24, 2.45) is 0 Å². The van der Waals surface area contributed by atoms with Crippen LogP contribution in [0.25, 0.3) is 0 Å². The van der Waals surface area contributed by atoms with Gasteiger partial charge < -0.3 is 14.8 Å². The summed E-state index contributed by atoms with van der Waals surface area (Å²) in [5.74, 6) is 0.201. The zero-order valence-corrected chi connectivity index (χ0v) is 13.2. The lowest BCUT2D eigenvalue weighted by atomic mass is 10.0. The van der Waals surface area contributed by atoms with E-state index < -0.39 is 7.14 Å². The second-order valence-corrected chi connectivity index (χ2v) is 8.45. The van der Waals surface area contributed by atoms with Crippen LogP contribution in [0, 0.1) is 0 Å². The molecule has 1 heterocycles. The number of phenols is 2. The molecule has 1 aliphatic rings. The Bertz CT molecular complexity index is 893. The first kappa shape index (κ1) is 14.1. The van der Waals surface area contributed by atoms with E-state index in [-0.39, 0.29) is 11.5 Å². The van der Waals surface area contributed by atoms with Gasteiger partial charge in [-0.15, -0.1) is 0 Å². The maximum Gasteiger partial charge on any atom is 0.171 e. The van der Waals surface area contributed by atoms with Crippen molar-refractivity contribution in [3.8, 4) is 11.5 Å². The van der Waals surface area contributed by atoms with Gasteiger partial charge in [-0.3, -0.25) is 0 Å². The number of fused-ring (bicyclic) bond motifs is 2. The Morgan fingerprint density at radius 3 is 1.78 bits per heavy atom. The van der Waals surface area contributed by atoms with Crippen molar-refractivity contribution in [2.45, 2.75) is 6.42 Å². The third-order valence-electron chi connectivity index (χ3n) is 4.32. The zero-order valence-electron chi connectivity index (χ0n) is 12.3. The first-order chi connectivity index (χ1) is 11.1. The Morgan fingerprint density at radius 1 is 0.739 bits per heavy atom. The van der Waals surface area contributed by atoms with Crippen LogP contribution in [0.1, 0.15) is 11.1 Å². The van der Waals surface area contributed by atoms with Crippen molar-refractivity contribution in [3.63, 3.8) is 0 Å². The minimum atomic E-state index is -3.12. The Morgan fingerprint density at radius 2 is 1.26 bits per heavy atom. The molecule has 0 radical (unpaired) electrons. The third-order valence-corrected chi connectivity index (χ3v) is 7.53. The molecule has 114 valence electrons. The number of hydrogen-bond acceptors (Lipinski definition) is 3. The lowest BCUT2D eigenvalue weighted by Gasteiger charge is -2.29. The van der Waals surface area contributed by atoms with Crippen LogP contribution in [0.15, 0.2) is 66.7 Å². The lowest BCUT2D eigenvalue weighted by molar-refractivity contribution is 0.475. The molecule has 23 heavy (non-hydrogen) atoms. The molecule has 0 spiro atoms. The normalized spacial score (nSPS) is 14.8. The van der Waals surface area contributed by atoms with Crippen LogP contribution in [0.3, 0.4) is 0 Å². The third kappa shape index (κ3) is 2.08. The van der Waals surface area contributed by atoms with E-state index in [1.165, 1.54) is 0 Å². The first-order valence-corrected chi connectivity index (χ1v) is 9.10. The molecular formula is C19H15O3P. The first-order valence-electron chi connectivity index (χ1n) is 7.39. The molecule has 0 fully saturated rings. The number of phenolic OH excluding ortho intramolecular Hbond substituents is 2. The standard InChI is InChI=1S/C19H15O3P/c20-15-8-6-13-10-14-7-9-16(21)12-19(14)23(22,18(13)11-15)17-4-2-1-3-5-17/h1-9,11-12,20-21H,10H2. The topological polar surface area (TPSA) is 57.5 Å². The summed E-state index contributed by atoms with van der Waals surface area (Å²) in [6.45, 7) is 0. The molecule has 0 unspecified atom stereocenters. The molecule has 0 amide bonds. The van der Waals surface area contributed by atoms with Crippen LogP contribution >= 0.6 is 7.14 Å². The summed E-state index contributed by atoms with van der Waals surface area (Å²) in [6, 6.07) is 19.4. The molecule has 4 rings (SSSR count). The van der Waals surface area contributed by atoms with Crippen LogP contribution in [-0.4, -0.2) is 10.2 Å². The van der Waals surface area contributed by atoms with Crippen molar-refractivity contribution in [3.05, 3.63) is 77.9 Å². The molecule has 0 saturated carbocycles. The minimum absolute atomic E-state index is 0.100. The van der Waals surface area contributed by atoms with Gasteiger partial charge in [-0.1, -0.05) is 42.5 Å². The highest BCUT2D eigenvalue weighted by Gasteiger charge is 2.37. The molecular weight excluding hydrogens is 307 g/mol. The van der Waals surface area contributed by atoms with Crippen LogP contribution in [0.2, 0.25) is 0 Å². The Hall–Kier alpha value is -2.51. The van der Waals surface area contributed by atoms with E-state index in [9.17, 15) is 14.8 Å². The van der Waals surface area contributed by atoms with Crippen molar-refractivity contribution >= 4 is 23.1 Å². The summed E-state index contributed by atoms with van der Waals surface area (Å²) >= 11 is 0. The van der Waals surface area contributed by atoms with Gasteiger partial charge >= 0.3 is 0 Å². The summed E-state index contributed by atoms with van der Waals surface area (Å²) in [5, 5.41) is 21.8. The van der Waals surface area contributed by atoms with Gasteiger partial charge in [0.05, 0.1) is 0 Å². The molecule has 0 atom stereocenters. The average Bonchev–Trinajstić information content (AvgIpc) is 2.57. The second-order valence-electron chi connectivity index (χ2n) is 5.75. The Kier molecular flexibility index (Phi) is 3.07. The SMILES string of the molecule is O=P1(c2ccccc2)c2cc(O)ccc2Cc2ccc(O)cc21. The van der Waals surface area contributed by atoms with Crippen LogP contribution < -0.4 is 15.9 Å². The average molecular weight is 322 g/mol. The van der Waals surface area contributed by atoms with Gasteiger partial charge in [0.15, 0.2) is 7.14 Å². The fourth-order valence-electron chi connectivity index (χ4n) is 3.24. The van der Waals surface area contributed by atoms with Gasteiger partial charge in [0.2, 0.25) is 0 Å². The van der Waals surface area contributed by atoms with Crippen LogP contribution in [-0.2, 0) is 11.0 Å². The molecule has 1 aliphatic heterocycles. The molecule has 3 aromatic carbocycles. The van der Waals surface area contributed by atoms with Gasteiger partial charge in [-0.25, -0.2) is 0 Å². The van der Waals surface area contributed by atoms with E-state index in [1.54, 1.807) is 24.3 Å². The van der Waals surface area contributed by atoms with Crippen LogP contribution in [0.5, 0.6) is 11.5 Å². The molecule has 4 heteroatoms. The maximum absolute atomic E-state index is 14.2. The fraction of sp³-hybridized carbons (Fsp3) is 0.0526. The number of hydrogen-bond donors (Lipinski definition) is 2. The predicted octanol–water partition coefficient (Wildman–Crippen LogP) is 2.64. The number of rotatable bonds is 1. The number of benzene rings is 3. The van der Waals surface area contributed by atoms with Crippen molar-refractivity contribution in [1.29, 1.82) is 0 Å². The largest absolute Gasteiger partial charge is 0.508 e. The summed E-state index contributed by atoms with van der Waals surface area (Å²) in [4.78, 5) is 0. The summed E-state index contributed by atoms with van der Waals surface area (Å²) in [7, 11) is -3.12. The van der Waals surface area contributed by atoms with Crippen molar-refractivity contribution < 1.29 is 14.8 Å². The summed E-state index contributed by atoms with van der Waals surface area (Å²) in [6.07, 6.45) is 0.641. The van der Waals surface area contributed by atoms with Crippen molar-refractivity contribution in [2.75, 3.05) is 0 Å². The van der Waals surface area contributed by atoms with Crippen LogP contribution in [0.4, 0.5) is 0 Å². The lowest BCUT2D eigenvalue weighted by Crippen LogP contribution is -2.33. The zero-order chi connectivity index (χ0) is 16.0. The fourth-order valence-corrected chi connectivity index (χ4v) is 6.39. The quantitative estimate of drug-likeness (QED) is 0.530. The second kappa shape index (κ2) is 5.00. The van der Waals surface area contributed by atoms with E-state index in [2.05, 4.69) is 0 Å². The van der Waals surface area contributed by atoms with E-state index >= 15 is 0 Å². The maximum atomic E-state index is 14.2. The van der Waals surface area contributed by atoms with E-state index in [1.807, 2.05) is 42.5 Å². The van der Waals surface area contributed by atoms with Gasteiger partial charge in [0.25, 0.3) is 0 Å². The Labute approximate surface area is 134 Å².